The zero-order valence-corrected chi connectivity index (χ0v) is 20.9. The lowest BCUT2D eigenvalue weighted by molar-refractivity contribution is 0.0686. The molecule has 1 fully saturated rings. The Labute approximate surface area is 197 Å². The molecule has 2 aromatic carbocycles. The van der Waals surface area contributed by atoms with Gasteiger partial charge in [0.15, 0.2) is 11.6 Å². The molecule has 0 radical (unpaired) electrons. The molecular formula is C27H33NO4Si. The SMILES string of the molecule is Cc1nc(C(=O)O)c(C2CCC(O[Si](c3ccccc3)(c3ccccc3)C(C)(C)C)CC2)o1. The number of aromatic carboxylic acids is 1. The van der Waals surface area contributed by atoms with Crippen LogP contribution in [0, 0.1) is 6.92 Å². The zero-order chi connectivity index (χ0) is 23.6. The first-order valence-electron chi connectivity index (χ1n) is 11.7. The van der Waals surface area contributed by atoms with Crippen molar-refractivity contribution in [3.8, 4) is 0 Å². The molecule has 1 aliphatic carbocycles. The summed E-state index contributed by atoms with van der Waals surface area (Å²) in [6.07, 6.45) is 3.52. The van der Waals surface area contributed by atoms with Crippen LogP contribution in [0.25, 0.3) is 0 Å². The maximum absolute atomic E-state index is 11.6. The Balaban J connectivity index is 1.63. The average Bonchev–Trinajstić information content (AvgIpc) is 3.20. The minimum atomic E-state index is -2.59. The van der Waals surface area contributed by atoms with Gasteiger partial charge in [-0.25, -0.2) is 9.78 Å². The maximum Gasteiger partial charge on any atom is 0.358 e. The van der Waals surface area contributed by atoms with Gasteiger partial charge >= 0.3 is 5.97 Å². The topological polar surface area (TPSA) is 72.6 Å². The van der Waals surface area contributed by atoms with Gasteiger partial charge in [-0.3, -0.25) is 0 Å². The first kappa shape index (κ1) is 23.5. The Morgan fingerprint density at radius 1 is 0.970 bits per heavy atom. The van der Waals surface area contributed by atoms with Crippen LogP contribution in [-0.2, 0) is 4.43 Å². The van der Waals surface area contributed by atoms with Crippen LogP contribution in [0.15, 0.2) is 65.1 Å². The molecule has 0 spiro atoms. The van der Waals surface area contributed by atoms with Crippen molar-refractivity contribution >= 4 is 24.7 Å². The van der Waals surface area contributed by atoms with Crippen LogP contribution < -0.4 is 10.4 Å². The quantitative estimate of drug-likeness (QED) is 0.503. The van der Waals surface area contributed by atoms with Crippen LogP contribution in [0.4, 0.5) is 0 Å². The summed E-state index contributed by atoms with van der Waals surface area (Å²) in [6, 6.07) is 21.4. The molecule has 1 aromatic heterocycles. The highest BCUT2D eigenvalue weighted by atomic mass is 28.4. The predicted molar refractivity (Wildman–Crippen MR) is 132 cm³/mol. The second kappa shape index (κ2) is 9.27. The van der Waals surface area contributed by atoms with Gasteiger partial charge in [-0.1, -0.05) is 81.4 Å². The number of oxazole rings is 1. The third-order valence-corrected chi connectivity index (χ3v) is 11.9. The number of rotatable bonds is 6. The minimum Gasteiger partial charge on any atom is -0.476 e. The fourth-order valence-corrected chi connectivity index (χ4v) is 10.0. The molecule has 1 aliphatic rings. The largest absolute Gasteiger partial charge is 0.476 e. The smallest absolute Gasteiger partial charge is 0.358 e. The van der Waals surface area contributed by atoms with E-state index in [1.54, 1.807) is 6.92 Å². The van der Waals surface area contributed by atoms with Gasteiger partial charge in [0.25, 0.3) is 8.32 Å². The lowest BCUT2D eigenvalue weighted by Crippen LogP contribution is -2.67. The molecule has 0 saturated heterocycles. The van der Waals surface area contributed by atoms with Crippen molar-refractivity contribution in [2.45, 2.75) is 70.4 Å². The third-order valence-electron chi connectivity index (χ3n) is 6.77. The molecule has 33 heavy (non-hydrogen) atoms. The van der Waals surface area contributed by atoms with E-state index in [9.17, 15) is 9.90 Å². The number of carboxylic acids is 1. The standard InChI is InChI=1S/C27H33NO4Si/c1-19-28-24(26(29)30)25(31-19)20-15-17-21(18-16-20)32-33(27(2,3)4,22-11-7-5-8-12-22)23-13-9-6-10-14-23/h5-14,20-21H,15-18H2,1-4H3,(H,29,30). The Kier molecular flexibility index (Phi) is 6.59. The molecule has 5 nitrogen and oxygen atoms in total. The highest BCUT2D eigenvalue weighted by Gasteiger charge is 2.51. The van der Waals surface area contributed by atoms with Crippen LogP contribution in [0.1, 0.15) is 74.5 Å². The molecule has 4 rings (SSSR count). The van der Waals surface area contributed by atoms with E-state index in [1.807, 2.05) is 0 Å². The Morgan fingerprint density at radius 3 is 1.94 bits per heavy atom. The van der Waals surface area contributed by atoms with Crippen LogP contribution >= 0.6 is 0 Å². The second-order valence-electron chi connectivity index (χ2n) is 10.0. The monoisotopic (exact) mass is 463 g/mol. The molecular weight excluding hydrogens is 430 g/mol. The Morgan fingerprint density at radius 2 is 1.48 bits per heavy atom. The normalized spacial score (nSPS) is 19.4. The van der Waals surface area contributed by atoms with E-state index in [0.717, 1.165) is 25.7 Å². The van der Waals surface area contributed by atoms with Crippen molar-refractivity contribution in [1.82, 2.24) is 4.98 Å². The molecule has 1 N–H and O–H groups in total. The Bertz CT molecular complexity index is 1040. The van der Waals surface area contributed by atoms with E-state index in [4.69, 9.17) is 8.84 Å². The highest BCUT2D eigenvalue weighted by Crippen LogP contribution is 2.42. The fraction of sp³-hybridized carbons (Fsp3) is 0.407. The number of benzene rings is 2. The van der Waals surface area contributed by atoms with Gasteiger partial charge in [0.05, 0.1) is 0 Å². The lowest BCUT2D eigenvalue weighted by atomic mass is 9.85. The van der Waals surface area contributed by atoms with Gasteiger partial charge in [0, 0.05) is 18.9 Å². The number of aryl methyl sites for hydroxylation is 1. The van der Waals surface area contributed by atoms with Crippen molar-refractivity contribution in [1.29, 1.82) is 0 Å². The van der Waals surface area contributed by atoms with E-state index in [2.05, 4.69) is 86.4 Å². The summed E-state index contributed by atoms with van der Waals surface area (Å²) < 4.78 is 13.0. The summed E-state index contributed by atoms with van der Waals surface area (Å²) in [4.78, 5) is 15.7. The van der Waals surface area contributed by atoms with Crippen LogP contribution in [0.5, 0.6) is 0 Å². The van der Waals surface area contributed by atoms with Crippen LogP contribution in [0.2, 0.25) is 5.04 Å². The molecule has 0 aliphatic heterocycles. The molecule has 3 aromatic rings. The van der Waals surface area contributed by atoms with E-state index in [0.29, 0.717) is 11.7 Å². The summed E-state index contributed by atoms with van der Waals surface area (Å²) in [7, 11) is -2.59. The van der Waals surface area contributed by atoms with E-state index in [1.165, 1.54) is 10.4 Å². The fourth-order valence-electron chi connectivity index (χ4n) is 5.26. The van der Waals surface area contributed by atoms with Gasteiger partial charge < -0.3 is 13.9 Å². The average molecular weight is 464 g/mol. The molecule has 174 valence electrons. The lowest BCUT2D eigenvalue weighted by Gasteiger charge is -2.46. The van der Waals surface area contributed by atoms with Gasteiger partial charge in [-0.15, -0.1) is 0 Å². The van der Waals surface area contributed by atoms with Crippen molar-refractivity contribution in [2.24, 2.45) is 0 Å². The third kappa shape index (κ3) is 4.55. The van der Waals surface area contributed by atoms with Crippen molar-refractivity contribution in [3.05, 3.63) is 78.0 Å². The highest BCUT2D eigenvalue weighted by molar-refractivity contribution is 6.99. The van der Waals surface area contributed by atoms with E-state index in [-0.39, 0.29) is 22.8 Å². The van der Waals surface area contributed by atoms with Crippen molar-refractivity contribution < 1.29 is 18.7 Å². The number of carboxylic acid groups (broad SMARTS) is 1. The van der Waals surface area contributed by atoms with Gasteiger partial charge in [-0.2, -0.15) is 0 Å². The molecule has 1 heterocycles. The van der Waals surface area contributed by atoms with Crippen LogP contribution in [0.3, 0.4) is 0 Å². The summed E-state index contributed by atoms with van der Waals surface area (Å²) in [5.74, 6) is -0.0270. The second-order valence-corrected chi connectivity index (χ2v) is 14.3. The van der Waals surface area contributed by atoms with Crippen molar-refractivity contribution in [2.75, 3.05) is 0 Å². The number of nitrogens with zero attached hydrogens (tertiary/aromatic N) is 1. The molecule has 0 amide bonds. The van der Waals surface area contributed by atoms with Crippen LogP contribution in [-0.4, -0.2) is 30.5 Å². The minimum absolute atomic E-state index is 0.0591. The summed E-state index contributed by atoms with van der Waals surface area (Å²) in [6.45, 7) is 8.58. The summed E-state index contributed by atoms with van der Waals surface area (Å²) >= 11 is 0. The summed E-state index contributed by atoms with van der Waals surface area (Å²) in [5, 5.41) is 12.0. The molecule has 0 atom stereocenters. The number of aromatic nitrogens is 1. The maximum atomic E-state index is 11.6. The number of hydrogen-bond donors (Lipinski definition) is 1. The summed E-state index contributed by atoms with van der Waals surface area (Å²) in [5.41, 5.74) is 0.0591. The molecule has 6 heteroatoms. The van der Waals surface area contributed by atoms with Crippen molar-refractivity contribution in [3.63, 3.8) is 0 Å². The first-order chi connectivity index (χ1) is 15.7. The zero-order valence-electron chi connectivity index (χ0n) is 19.9. The van der Waals surface area contributed by atoms with Gasteiger partial charge in [-0.05, 0) is 41.1 Å². The molecule has 0 bridgehead atoms. The van der Waals surface area contributed by atoms with Gasteiger partial charge in [0.2, 0.25) is 0 Å². The van der Waals surface area contributed by atoms with Gasteiger partial charge in [0.1, 0.15) is 5.76 Å². The van der Waals surface area contributed by atoms with E-state index < -0.39 is 14.3 Å². The first-order valence-corrected chi connectivity index (χ1v) is 13.6. The number of hydrogen-bond acceptors (Lipinski definition) is 4. The Hall–Kier alpha value is -2.70. The molecule has 1 saturated carbocycles. The predicted octanol–water partition coefficient (Wildman–Crippen LogP) is 5.28. The van der Waals surface area contributed by atoms with E-state index >= 15 is 0 Å². The molecule has 0 unspecified atom stereocenters. The number of carbonyl (C=O) groups is 1.